The van der Waals surface area contributed by atoms with Crippen LogP contribution in [0.15, 0.2) is 0 Å². The third kappa shape index (κ3) is 1.44. The van der Waals surface area contributed by atoms with E-state index in [1.807, 2.05) is 6.92 Å². The van der Waals surface area contributed by atoms with E-state index < -0.39 is 0 Å². The van der Waals surface area contributed by atoms with Gasteiger partial charge in [0, 0.05) is 0 Å². The Balaban J connectivity index is 2.20. The summed E-state index contributed by atoms with van der Waals surface area (Å²) in [6.07, 6.45) is 1.03. The van der Waals surface area contributed by atoms with Crippen LogP contribution in [0.2, 0.25) is 0 Å². The largest absolute Gasteiger partial charge is 0.466 e. The molecule has 1 aliphatic rings. The lowest BCUT2D eigenvalue weighted by molar-refractivity contribution is -0.144. The summed E-state index contributed by atoms with van der Waals surface area (Å²) >= 11 is 0. The third-order valence-electron chi connectivity index (χ3n) is 1.70. The van der Waals surface area contributed by atoms with Gasteiger partial charge in [-0.1, -0.05) is 6.92 Å². The van der Waals surface area contributed by atoms with E-state index in [-0.39, 0.29) is 11.9 Å². The second kappa shape index (κ2) is 2.38. The predicted molar refractivity (Wildman–Crippen MR) is 33.9 cm³/mol. The van der Waals surface area contributed by atoms with Crippen molar-refractivity contribution >= 4 is 5.97 Å². The van der Waals surface area contributed by atoms with Crippen LogP contribution in [0.3, 0.4) is 0 Å². The van der Waals surface area contributed by atoms with Gasteiger partial charge in [-0.15, -0.1) is 0 Å². The van der Waals surface area contributed by atoms with Gasteiger partial charge in [0.1, 0.15) is 0 Å². The van der Waals surface area contributed by atoms with E-state index in [1.165, 1.54) is 0 Å². The van der Waals surface area contributed by atoms with E-state index in [1.54, 1.807) is 0 Å². The standard InChI is InChI=1S/C7H12O2/c1-3-9-7(8)6-4-5(6)2/h5-6H,3-4H2,1-2H3/t5-,6-/m1/s1. The van der Waals surface area contributed by atoms with Crippen molar-refractivity contribution in [1.82, 2.24) is 0 Å². The molecule has 0 aromatic heterocycles. The van der Waals surface area contributed by atoms with Crippen LogP contribution in [0.5, 0.6) is 0 Å². The number of rotatable bonds is 2. The maximum absolute atomic E-state index is 10.8. The summed E-state index contributed by atoms with van der Waals surface area (Å²) in [4.78, 5) is 10.8. The zero-order valence-corrected chi connectivity index (χ0v) is 5.89. The van der Waals surface area contributed by atoms with Gasteiger partial charge in [-0.2, -0.15) is 0 Å². The van der Waals surface area contributed by atoms with Gasteiger partial charge in [-0.05, 0) is 19.3 Å². The zero-order valence-electron chi connectivity index (χ0n) is 5.89. The highest BCUT2D eigenvalue weighted by Crippen LogP contribution is 2.38. The number of carbonyl (C=O) groups excluding carboxylic acids is 1. The molecule has 0 spiro atoms. The van der Waals surface area contributed by atoms with Gasteiger partial charge in [-0.3, -0.25) is 4.79 Å². The molecule has 0 saturated heterocycles. The molecule has 1 saturated carbocycles. The molecule has 0 heterocycles. The monoisotopic (exact) mass is 128 g/mol. The number of hydrogen-bond donors (Lipinski definition) is 0. The van der Waals surface area contributed by atoms with Gasteiger partial charge in [0.05, 0.1) is 12.5 Å². The summed E-state index contributed by atoms with van der Waals surface area (Å²) in [6.45, 7) is 4.43. The molecule has 1 aliphatic carbocycles. The van der Waals surface area contributed by atoms with Crippen molar-refractivity contribution in [3.63, 3.8) is 0 Å². The van der Waals surface area contributed by atoms with Crippen LogP contribution in [-0.4, -0.2) is 12.6 Å². The fraction of sp³-hybridized carbons (Fsp3) is 0.857. The van der Waals surface area contributed by atoms with Crippen molar-refractivity contribution < 1.29 is 9.53 Å². The first-order valence-corrected chi connectivity index (χ1v) is 3.42. The SMILES string of the molecule is CCOC(=O)[C@@H]1C[C@H]1C. The second-order valence-electron chi connectivity index (χ2n) is 2.57. The van der Waals surface area contributed by atoms with E-state index in [0.29, 0.717) is 12.5 Å². The second-order valence-corrected chi connectivity index (χ2v) is 2.57. The molecule has 2 heteroatoms. The van der Waals surface area contributed by atoms with Crippen molar-refractivity contribution in [1.29, 1.82) is 0 Å². The summed E-state index contributed by atoms with van der Waals surface area (Å²) in [6, 6.07) is 0. The topological polar surface area (TPSA) is 26.3 Å². The maximum Gasteiger partial charge on any atom is 0.309 e. The molecule has 2 atom stereocenters. The highest BCUT2D eigenvalue weighted by molar-refractivity contribution is 5.75. The molecule has 0 N–H and O–H groups in total. The maximum atomic E-state index is 10.8. The number of hydrogen-bond acceptors (Lipinski definition) is 2. The smallest absolute Gasteiger partial charge is 0.309 e. The fourth-order valence-corrected chi connectivity index (χ4v) is 0.900. The van der Waals surface area contributed by atoms with Crippen molar-refractivity contribution in [2.24, 2.45) is 11.8 Å². The Hall–Kier alpha value is -0.530. The Morgan fingerprint density at radius 3 is 2.67 bits per heavy atom. The Bertz CT molecular complexity index is 120. The molecular formula is C7H12O2. The zero-order chi connectivity index (χ0) is 6.85. The number of ether oxygens (including phenoxy) is 1. The van der Waals surface area contributed by atoms with E-state index >= 15 is 0 Å². The first-order valence-electron chi connectivity index (χ1n) is 3.42. The average Bonchev–Trinajstić information content (AvgIpc) is 2.47. The van der Waals surface area contributed by atoms with Crippen molar-refractivity contribution in [3.8, 4) is 0 Å². The van der Waals surface area contributed by atoms with Crippen LogP contribution in [0, 0.1) is 11.8 Å². The highest BCUT2D eigenvalue weighted by atomic mass is 16.5. The van der Waals surface area contributed by atoms with Crippen LogP contribution in [0.4, 0.5) is 0 Å². The van der Waals surface area contributed by atoms with E-state index in [9.17, 15) is 4.79 Å². The lowest BCUT2D eigenvalue weighted by Gasteiger charge is -1.96. The summed E-state index contributed by atoms with van der Waals surface area (Å²) in [5.74, 6) is 0.791. The molecule has 1 rings (SSSR count). The lowest BCUT2D eigenvalue weighted by atomic mass is 10.3. The first-order chi connectivity index (χ1) is 4.25. The summed E-state index contributed by atoms with van der Waals surface area (Å²) in [7, 11) is 0. The van der Waals surface area contributed by atoms with Gasteiger partial charge in [-0.25, -0.2) is 0 Å². The Morgan fingerprint density at radius 2 is 2.33 bits per heavy atom. The van der Waals surface area contributed by atoms with Gasteiger partial charge in [0.15, 0.2) is 0 Å². The van der Waals surface area contributed by atoms with Crippen LogP contribution < -0.4 is 0 Å². The normalized spacial score (nSPS) is 31.8. The van der Waals surface area contributed by atoms with Gasteiger partial charge >= 0.3 is 5.97 Å². The summed E-state index contributed by atoms with van der Waals surface area (Å²) < 4.78 is 4.80. The first kappa shape index (κ1) is 6.59. The molecule has 52 valence electrons. The molecule has 0 aliphatic heterocycles. The molecule has 1 fully saturated rings. The number of carbonyl (C=O) groups is 1. The molecule has 0 bridgehead atoms. The quantitative estimate of drug-likeness (QED) is 0.522. The van der Waals surface area contributed by atoms with E-state index in [0.717, 1.165) is 6.42 Å². The number of esters is 1. The van der Waals surface area contributed by atoms with Crippen molar-refractivity contribution in [3.05, 3.63) is 0 Å². The molecule has 0 aromatic rings. The van der Waals surface area contributed by atoms with E-state index in [2.05, 4.69) is 6.92 Å². The molecule has 2 nitrogen and oxygen atoms in total. The fourth-order valence-electron chi connectivity index (χ4n) is 0.900. The van der Waals surface area contributed by atoms with Gasteiger partial charge in [0.2, 0.25) is 0 Å². The Morgan fingerprint density at radius 1 is 1.78 bits per heavy atom. The molecule has 0 aromatic carbocycles. The minimum atomic E-state index is -0.00926. The predicted octanol–water partition coefficient (Wildman–Crippen LogP) is 1.21. The van der Waals surface area contributed by atoms with Crippen LogP contribution in [0.1, 0.15) is 20.3 Å². The van der Waals surface area contributed by atoms with Gasteiger partial charge in [0.25, 0.3) is 0 Å². The Kier molecular flexibility index (Phi) is 1.74. The third-order valence-corrected chi connectivity index (χ3v) is 1.70. The van der Waals surface area contributed by atoms with Gasteiger partial charge < -0.3 is 4.74 Å². The van der Waals surface area contributed by atoms with Crippen LogP contribution in [-0.2, 0) is 9.53 Å². The summed E-state index contributed by atoms with van der Waals surface area (Å²) in [5.41, 5.74) is 0. The average molecular weight is 128 g/mol. The molecule has 0 radical (unpaired) electrons. The van der Waals surface area contributed by atoms with Crippen molar-refractivity contribution in [2.75, 3.05) is 6.61 Å². The molecular weight excluding hydrogens is 116 g/mol. The lowest BCUT2D eigenvalue weighted by Crippen LogP contribution is -2.06. The van der Waals surface area contributed by atoms with Crippen LogP contribution >= 0.6 is 0 Å². The molecule has 0 amide bonds. The van der Waals surface area contributed by atoms with Crippen LogP contribution in [0.25, 0.3) is 0 Å². The minimum absolute atomic E-state index is 0.00926. The highest BCUT2D eigenvalue weighted by Gasteiger charge is 2.40. The summed E-state index contributed by atoms with van der Waals surface area (Å²) in [5, 5.41) is 0. The van der Waals surface area contributed by atoms with Crippen molar-refractivity contribution in [2.45, 2.75) is 20.3 Å². The van der Waals surface area contributed by atoms with E-state index in [4.69, 9.17) is 4.74 Å². The Labute approximate surface area is 55.2 Å². The molecule has 0 unspecified atom stereocenters. The minimum Gasteiger partial charge on any atom is -0.466 e. The molecule has 9 heavy (non-hydrogen) atoms.